The minimum absolute atomic E-state index is 0.334. The van der Waals surface area contributed by atoms with Gasteiger partial charge in [-0.2, -0.15) is 0 Å². The smallest absolute Gasteiger partial charge is 0.126 e. The summed E-state index contributed by atoms with van der Waals surface area (Å²) in [6, 6.07) is 6.45. The van der Waals surface area contributed by atoms with Crippen LogP contribution in [-0.4, -0.2) is 37.5 Å². The molecule has 116 valence electrons. The molecule has 1 aliphatic carbocycles. The second-order valence-corrected chi connectivity index (χ2v) is 6.02. The third-order valence-corrected chi connectivity index (χ3v) is 4.72. The van der Waals surface area contributed by atoms with Gasteiger partial charge in [0.25, 0.3) is 0 Å². The number of rotatable bonds is 3. The number of hydrogen-bond acceptors (Lipinski definition) is 4. The summed E-state index contributed by atoms with van der Waals surface area (Å²) in [5.41, 5.74) is 2.00. The van der Waals surface area contributed by atoms with Crippen molar-refractivity contribution in [3.8, 4) is 5.75 Å². The van der Waals surface area contributed by atoms with Gasteiger partial charge in [0.2, 0.25) is 0 Å². The van der Waals surface area contributed by atoms with Crippen molar-refractivity contribution in [2.75, 3.05) is 25.2 Å². The molecule has 2 aliphatic rings. The van der Waals surface area contributed by atoms with E-state index >= 15 is 0 Å². The Hall–Kier alpha value is -1.26. The molecular weight excluding hydrogens is 266 g/mol. The Bertz CT molecular complexity index is 487. The molecule has 21 heavy (non-hydrogen) atoms. The Labute approximate surface area is 126 Å². The standard InChI is InChI=1S/C17H25NO3/c1-12(19)17-14(7-5-9-16(17)20-2)18-10-11-21-15-8-4-3-6-13(15)18/h5,7,9,12-13,15,19H,3-4,6,8,10-11H2,1-2H3. The lowest BCUT2D eigenvalue weighted by Crippen LogP contribution is -2.53. The highest BCUT2D eigenvalue weighted by molar-refractivity contribution is 5.61. The molecule has 1 aromatic rings. The fourth-order valence-corrected chi connectivity index (χ4v) is 3.78. The fourth-order valence-electron chi connectivity index (χ4n) is 3.78. The lowest BCUT2D eigenvalue weighted by Gasteiger charge is -2.46. The van der Waals surface area contributed by atoms with E-state index in [1.807, 2.05) is 12.1 Å². The molecular formula is C17H25NO3. The monoisotopic (exact) mass is 291 g/mol. The number of fused-ring (bicyclic) bond motifs is 1. The van der Waals surface area contributed by atoms with Crippen LogP contribution >= 0.6 is 0 Å². The first-order valence-corrected chi connectivity index (χ1v) is 7.95. The number of anilines is 1. The third-order valence-electron chi connectivity index (χ3n) is 4.72. The number of aliphatic hydroxyl groups is 1. The first-order valence-electron chi connectivity index (χ1n) is 7.95. The second-order valence-electron chi connectivity index (χ2n) is 6.02. The molecule has 0 aromatic heterocycles. The van der Waals surface area contributed by atoms with Crippen molar-refractivity contribution in [1.29, 1.82) is 0 Å². The summed E-state index contributed by atoms with van der Waals surface area (Å²) in [6.07, 6.45) is 4.63. The van der Waals surface area contributed by atoms with Gasteiger partial charge in [-0.3, -0.25) is 0 Å². The molecule has 0 bridgehead atoms. The van der Waals surface area contributed by atoms with Gasteiger partial charge in [0, 0.05) is 17.8 Å². The zero-order valence-corrected chi connectivity index (χ0v) is 12.9. The molecule has 0 amide bonds. The largest absolute Gasteiger partial charge is 0.496 e. The van der Waals surface area contributed by atoms with E-state index in [9.17, 15) is 5.11 Å². The zero-order valence-electron chi connectivity index (χ0n) is 12.9. The van der Waals surface area contributed by atoms with Crippen LogP contribution in [0.15, 0.2) is 18.2 Å². The minimum atomic E-state index is -0.541. The Morgan fingerprint density at radius 3 is 2.90 bits per heavy atom. The van der Waals surface area contributed by atoms with Gasteiger partial charge in [0.1, 0.15) is 5.75 Å². The van der Waals surface area contributed by atoms with Crippen LogP contribution in [-0.2, 0) is 4.74 Å². The SMILES string of the molecule is COc1cccc(N2CCOC3CCCCC32)c1C(C)O. The highest BCUT2D eigenvalue weighted by Gasteiger charge is 2.35. The molecule has 0 spiro atoms. The van der Waals surface area contributed by atoms with Crippen molar-refractivity contribution < 1.29 is 14.6 Å². The van der Waals surface area contributed by atoms with Gasteiger partial charge in [0.15, 0.2) is 0 Å². The molecule has 2 fully saturated rings. The van der Waals surface area contributed by atoms with E-state index in [2.05, 4.69) is 11.0 Å². The topological polar surface area (TPSA) is 41.9 Å². The van der Waals surface area contributed by atoms with Crippen molar-refractivity contribution in [3.63, 3.8) is 0 Å². The van der Waals surface area contributed by atoms with Crippen molar-refractivity contribution in [2.24, 2.45) is 0 Å². The predicted octanol–water partition coefficient (Wildman–Crippen LogP) is 2.90. The highest BCUT2D eigenvalue weighted by Crippen LogP contribution is 2.39. The van der Waals surface area contributed by atoms with Crippen LogP contribution in [0.25, 0.3) is 0 Å². The molecule has 0 radical (unpaired) electrons. The average molecular weight is 291 g/mol. The van der Waals surface area contributed by atoms with E-state index in [1.165, 1.54) is 19.3 Å². The lowest BCUT2D eigenvalue weighted by atomic mass is 9.89. The van der Waals surface area contributed by atoms with Crippen LogP contribution in [0.1, 0.15) is 44.3 Å². The summed E-state index contributed by atoms with van der Waals surface area (Å²) in [5, 5.41) is 10.2. The summed E-state index contributed by atoms with van der Waals surface area (Å²) in [4.78, 5) is 2.43. The molecule has 4 heteroatoms. The van der Waals surface area contributed by atoms with Gasteiger partial charge in [-0.15, -0.1) is 0 Å². The minimum Gasteiger partial charge on any atom is -0.496 e. The Morgan fingerprint density at radius 1 is 1.33 bits per heavy atom. The first-order chi connectivity index (χ1) is 10.2. The van der Waals surface area contributed by atoms with Crippen LogP contribution in [0.2, 0.25) is 0 Å². The Kier molecular flexibility index (Phi) is 4.36. The van der Waals surface area contributed by atoms with E-state index in [4.69, 9.17) is 9.47 Å². The van der Waals surface area contributed by atoms with Crippen LogP contribution in [0.3, 0.4) is 0 Å². The Morgan fingerprint density at radius 2 is 2.14 bits per heavy atom. The predicted molar refractivity (Wildman–Crippen MR) is 83.0 cm³/mol. The van der Waals surface area contributed by atoms with Crippen LogP contribution < -0.4 is 9.64 Å². The van der Waals surface area contributed by atoms with Crippen LogP contribution in [0.5, 0.6) is 5.75 Å². The van der Waals surface area contributed by atoms with Crippen molar-refractivity contribution in [3.05, 3.63) is 23.8 Å². The Balaban J connectivity index is 1.98. The lowest BCUT2D eigenvalue weighted by molar-refractivity contribution is -0.00890. The number of methoxy groups -OCH3 is 1. The molecule has 1 aromatic carbocycles. The van der Waals surface area contributed by atoms with Gasteiger partial charge >= 0.3 is 0 Å². The molecule has 1 heterocycles. The summed E-state index contributed by atoms with van der Waals surface area (Å²) in [6.45, 7) is 3.45. The maximum atomic E-state index is 10.2. The molecule has 1 N–H and O–H groups in total. The summed E-state index contributed by atoms with van der Waals surface area (Å²) < 4.78 is 11.4. The van der Waals surface area contributed by atoms with Crippen molar-refractivity contribution in [1.82, 2.24) is 0 Å². The summed E-state index contributed by atoms with van der Waals surface area (Å²) in [7, 11) is 1.66. The number of ether oxygens (including phenoxy) is 2. The van der Waals surface area contributed by atoms with Gasteiger partial charge in [-0.1, -0.05) is 18.9 Å². The quantitative estimate of drug-likeness (QED) is 0.930. The van der Waals surface area contributed by atoms with Crippen molar-refractivity contribution >= 4 is 5.69 Å². The van der Waals surface area contributed by atoms with Crippen LogP contribution in [0, 0.1) is 0 Å². The number of aliphatic hydroxyl groups excluding tert-OH is 1. The normalized spacial score (nSPS) is 27.1. The van der Waals surface area contributed by atoms with Gasteiger partial charge in [0.05, 0.1) is 32.0 Å². The molecule has 3 unspecified atom stereocenters. The van der Waals surface area contributed by atoms with Crippen LogP contribution in [0.4, 0.5) is 5.69 Å². The number of nitrogens with zero attached hydrogens (tertiary/aromatic N) is 1. The number of benzene rings is 1. The molecule has 3 atom stereocenters. The zero-order chi connectivity index (χ0) is 14.8. The van der Waals surface area contributed by atoms with E-state index in [-0.39, 0.29) is 0 Å². The third kappa shape index (κ3) is 2.74. The van der Waals surface area contributed by atoms with E-state index in [1.54, 1.807) is 14.0 Å². The fraction of sp³-hybridized carbons (Fsp3) is 0.647. The second kappa shape index (κ2) is 6.24. The van der Waals surface area contributed by atoms with Gasteiger partial charge < -0.3 is 19.5 Å². The average Bonchev–Trinajstić information content (AvgIpc) is 2.53. The van der Waals surface area contributed by atoms with Gasteiger partial charge in [-0.05, 0) is 31.9 Å². The molecule has 3 rings (SSSR count). The van der Waals surface area contributed by atoms with Crippen molar-refractivity contribution in [2.45, 2.75) is 50.9 Å². The van der Waals surface area contributed by atoms with Gasteiger partial charge in [-0.25, -0.2) is 0 Å². The molecule has 1 aliphatic heterocycles. The molecule has 1 saturated heterocycles. The maximum Gasteiger partial charge on any atom is 0.126 e. The first kappa shape index (κ1) is 14.7. The summed E-state index contributed by atoms with van der Waals surface area (Å²) >= 11 is 0. The summed E-state index contributed by atoms with van der Waals surface area (Å²) in [5.74, 6) is 0.765. The van der Waals surface area contributed by atoms with E-state index < -0.39 is 6.10 Å². The van der Waals surface area contributed by atoms with E-state index in [0.29, 0.717) is 12.1 Å². The molecule has 1 saturated carbocycles. The number of morpholine rings is 1. The highest BCUT2D eigenvalue weighted by atomic mass is 16.5. The number of hydrogen-bond donors (Lipinski definition) is 1. The maximum absolute atomic E-state index is 10.2. The molecule has 4 nitrogen and oxygen atoms in total. The van der Waals surface area contributed by atoms with E-state index in [0.717, 1.165) is 36.6 Å².